The van der Waals surface area contributed by atoms with Gasteiger partial charge in [0.2, 0.25) is 5.91 Å². The van der Waals surface area contributed by atoms with Crippen LogP contribution in [0.5, 0.6) is 0 Å². The van der Waals surface area contributed by atoms with Crippen molar-refractivity contribution in [3.05, 3.63) is 35.4 Å². The van der Waals surface area contributed by atoms with Crippen LogP contribution in [0.1, 0.15) is 35.7 Å². The van der Waals surface area contributed by atoms with Gasteiger partial charge in [-0.2, -0.15) is 0 Å². The average Bonchev–Trinajstić information content (AvgIpc) is 2.93. The third-order valence-corrected chi connectivity index (χ3v) is 4.51. The van der Waals surface area contributed by atoms with Gasteiger partial charge in [-0.25, -0.2) is 0 Å². The van der Waals surface area contributed by atoms with Crippen LogP contribution in [0.4, 0.5) is 0 Å². The van der Waals surface area contributed by atoms with Gasteiger partial charge in [0, 0.05) is 50.7 Å². The first kappa shape index (κ1) is 15.0. The van der Waals surface area contributed by atoms with Gasteiger partial charge in [-0.05, 0) is 31.0 Å². The molecule has 2 aliphatic rings. The molecule has 1 N–H and O–H groups in total. The summed E-state index contributed by atoms with van der Waals surface area (Å²) in [5, 5.41) is 3.29. The fraction of sp³-hybridized carbons (Fsp3) is 0.529. The number of benzene rings is 1. The fourth-order valence-electron chi connectivity index (χ4n) is 3.15. The number of nitrogens with one attached hydrogen (secondary N) is 1. The van der Waals surface area contributed by atoms with Crippen molar-refractivity contribution in [2.24, 2.45) is 0 Å². The van der Waals surface area contributed by atoms with Gasteiger partial charge in [-0.3, -0.25) is 9.59 Å². The van der Waals surface area contributed by atoms with Crippen LogP contribution < -0.4 is 5.32 Å². The first-order valence-electron chi connectivity index (χ1n) is 8.03. The largest absolute Gasteiger partial charge is 0.338 e. The Bertz CT molecular complexity index is 556. The van der Waals surface area contributed by atoms with Crippen LogP contribution in [0.25, 0.3) is 0 Å². The van der Waals surface area contributed by atoms with Crippen LogP contribution in [0.3, 0.4) is 0 Å². The predicted octanol–water partition coefficient (Wildman–Crippen LogP) is 1.24. The number of amides is 2. The van der Waals surface area contributed by atoms with E-state index in [4.69, 9.17) is 0 Å². The Kier molecular flexibility index (Phi) is 4.43. The van der Waals surface area contributed by atoms with E-state index in [0.29, 0.717) is 13.0 Å². The second kappa shape index (κ2) is 6.48. The highest BCUT2D eigenvalue weighted by atomic mass is 16.2. The van der Waals surface area contributed by atoms with Crippen molar-refractivity contribution in [3.8, 4) is 0 Å². The fourth-order valence-corrected chi connectivity index (χ4v) is 3.15. The van der Waals surface area contributed by atoms with Crippen LogP contribution in [0, 0.1) is 0 Å². The van der Waals surface area contributed by atoms with E-state index in [0.717, 1.165) is 43.7 Å². The molecule has 0 spiro atoms. The molecule has 0 aromatic heterocycles. The smallest absolute Gasteiger partial charge is 0.254 e. The molecule has 1 atom stereocenters. The normalized spacial score (nSPS) is 22.2. The summed E-state index contributed by atoms with van der Waals surface area (Å²) < 4.78 is 0. The minimum Gasteiger partial charge on any atom is -0.338 e. The number of nitrogens with zero attached hydrogens (tertiary/aromatic N) is 2. The summed E-state index contributed by atoms with van der Waals surface area (Å²) in [6.45, 7) is 6.02. The Hall–Kier alpha value is -1.88. The lowest BCUT2D eigenvalue weighted by molar-refractivity contribution is -0.128. The van der Waals surface area contributed by atoms with Crippen molar-refractivity contribution in [2.75, 3.05) is 26.2 Å². The molecular formula is C17H23N3O2. The van der Waals surface area contributed by atoms with Crippen molar-refractivity contribution >= 4 is 11.8 Å². The van der Waals surface area contributed by atoms with Gasteiger partial charge in [0.05, 0.1) is 0 Å². The first-order valence-corrected chi connectivity index (χ1v) is 8.03. The van der Waals surface area contributed by atoms with Gasteiger partial charge in [-0.1, -0.05) is 12.1 Å². The number of carbonyl (C=O) groups is 2. The summed E-state index contributed by atoms with van der Waals surface area (Å²) >= 11 is 0. The maximum absolute atomic E-state index is 12.6. The molecule has 0 aliphatic carbocycles. The van der Waals surface area contributed by atoms with Crippen LogP contribution in [0.2, 0.25) is 0 Å². The minimum absolute atomic E-state index is 0.0952. The molecule has 0 saturated carbocycles. The van der Waals surface area contributed by atoms with Gasteiger partial charge >= 0.3 is 0 Å². The number of hydrogen-bond acceptors (Lipinski definition) is 3. The third kappa shape index (κ3) is 3.14. The van der Waals surface area contributed by atoms with Crippen molar-refractivity contribution < 1.29 is 9.59 Å². The molecule has 22 heavy (non-hydrogen) atoms. The molecule has 1 unspecified atom stereocenters. The van der Waals surface area contributed by atoms with Gasteiger partial charge in [0.15, 0.2) is 0 Å². The SMILES string of the molecule is CC1CNCCN1C(=O)c1ccc(CN2CCCC2=O)cc1. The van der Waals surface area contributed by atoms with Gasteiger partial charge in [0.1, 0.15) is 0 Å². The lowest BCUT2D eigenvalue weighted by Gasteiger charge is -2.34. The number of rotatable bonds is 3. The number of likely N-dealkylation sites (tertiary alicyclic amines) is 1. The molecule has 118 valence electrons. The molecule has 3 rings (SSSR count). The van der Waals surface area contributed by atoms with Crippen molar-refractivity contribution in [2.45, 2.75) is 32.4 Å². The zero-order valence-corrected chi connectivity index (χ0v) is 13.0. The van der Waals surface area contributed by atoms with E-state index in [9.17, 15) is 9.59 Å². The molecule has 2 amide bonds. The standard InChI is InChI=1S/C17H23N3O2/c1-13-11-18-8-10-20(13)17(22)15-6-4-14(5-7-15)12-19-9-2-3-16(19)21/h4-7,13,18H,2-3,8-12H2,1H3. The van der Waals surface area contributed by atoms with E-state index in [1.807, 2.05) is 34.1 Å². The van der Waals surface area contributed by atoms with Gasteiger partial charge < -0.3 is 15.1 Å². The van der Waals surface area contributed by atoms with Crippen LogP contribution in [-0.4, -0.2) is 53.8 Å². The molecule has 0 bridgehead atoms. The maximum Gasteiger partial charge on any atom is 0.254 e. The van der Waals surface area contributed by atoms with Crippen molar-refractivity contribution in [1.82, 2.24) is 15.1 Å². The molecule has 2 heterocycles. The Morgan fingerprint density at radius 3 is 2.68 bits per heavy atom. The van der Waals surface area contributed by atoms with E-state index in [-0.39, 0.29) is 17.9 Å². The Morgan fingerprint density at radius 1 is 1.27 bits per heavy atom. The van der Waals surface area contributed by atoms with Crippen LogP contribution >= 0.6 is 0 Å². The van der Waals surface area contributed by atoms with E-state index in [1.54, 1.807) is 0 Å². The monoisotopic (exact) mass is 301 g/mol. The molecule has 5 heteroatoms. The van der Waals surface area contributed by atoms with E-state index in [2.05, 4.69) is 12.2 Å². The second-order valence-corrected chi connectivity index (χ2v) is 6.17. The summed E-state index contributed by atoms with van der Waals surface area (Å²) in [6.07, 6.45) is 1.62. The predicted molar refractivity (Wildman–Crippen MR) is 84.5 cm³/mol. The lowest BCUT2D eigenvalue weighted by atomic mass is 10.1. The number of carbonyl (C=O) groups excluding carboxylic acids is 2. The summed E-state index contributed by atoms with van der Waals surface area (Å²) in [6, 6.07) is 7.92. The Morgan fingerprint density at radius 2 is 2.05 bits per heavy atom. The van der Waals surface area contributed by atoms with Crippen LogP contribution in [0.15, 0.2) is 24.3 Å². The molecule has 1 aromatic carbocycles. The number of hydrogen-bond donors (Lipinski definition) is 1. The summed E-state index contributed by atoms with van der Waals surface area (Å²) in [7, 11) is 0. The zero-order chi connectivity index (χ0) is 15.5. The molecule has 5 nitrogen and oxygen atoms in total. The third-order valence-electron chi connectivity index (χ3n) is 4.51. The maximum atomic E-state index is 12.6. The molecule has 2 fully saturated rings. The molecule has 2 aliphatic heterocycles. The molecule has 2 saturated heterocycles. The highest BCUT2D eigenvalue weighted by Gasteiger charge is 2.24. The molecule has 0 radical (unpaired) electrons. The lowest BCUT2D eigenvalue weighted by Crippen LogP contribution is -2.52. The minimum atomic E-state index is 0.0952. The van der Waals surface area contributed by atoms with Crippen molar-refractivity contribution in [1.29, 1.82) is 0 Å². The molecule has 1 aromatic rings. The van der Waals surface area contributed by atoms with E-state index < -0.39 is 0 Å². The highest BCUT2D eigenvalue weighted by molar-refractivity contribution is 5.94. The van der Waals surface area contributed by atoms with E-state index >= 15 is 0 Å². The Labute approximate surface area is 131 Å². The average molecular weight is 301 g/mol. The first-order chi connectivity index (χ1) is 10.6. The summed E-state index contributed by atoms with van der Waals surface area (Å²) in [5.74, 6) is 0.326. The highest BCUT2D eigenvalue weighted by Crippen LogP contribution is 2.16. The van der Waals surface area contributed by atoms with Gasteiger partial charge in [0.25, 0.3) is 5.91 Å². The van der Waals surface area contributed by atoms with Gasteiger partial charge in [-0.15, -0.1) is 0 Å². The zero-order valence-electron chi connectivity index (χ0n) is 13.0. The topological polar surface area (TPSA) is 52.7 Å². The number of piperazine rings is 1. The molecular weight excluding hydrogens is 278 g/mol. The second-order valence-electron chi connectivity index (χ2n) is 6.17. The van der Waals surface area contributed by atoms with E-state index in [1.165, 1.54) is 0 Å². The quantitative estimate of drug-likeness (QED) is 0.914. The van der Waals surface area contributed by atoms with Crippen LogP contribution in [-0.2, 0) is 11.3 Å². The summed E-state index contributed by atoms with van der Waals surface area (Å²) in [4.78, 5) is 28.0. The Balaban J connectivity index is 1.65. The van der Waals surface area contributed by atoms with Crippen molar-refractivity contribution in [3.63, 3.8) is 0 Å². The summed E-state index contributed by atoms with van der Waals surface area (Å²) in [5.41, 5.74) is 1.81.